The Kier molecular flexibility index (Phi) is 3.92. The predicted molar refractivity (Wildman–Crippen MR) is 81.1 cm³/mol. The number of aromatic nitrogens is 3. The molecule has 0 bridgehead atoms. The van der Waals surface area contributed by atoms with E-state index in [1.807, 2.05) is 25.4 Å². The maximum absolute atomic E-state index is 5.96. The van der Waals surface area contributed by atoms with Crippen LogP contribution in [0.4, 0.5) is 5.13 Å². The molecular weight excluding hydrogens is 288 g/mol. The lowest BCUT2D eigenvalue weighted by Gasteiger charge is -2.33. The first-order chi connectivity index (χ1) is 10.0. The zero-order valence-corrected chi connectivity index (χ0v) is 13.1. The van der Waals surface area contributed by atoms with Crippen molar-refractivity contribution in [3.8, 4) is 0 Å². The Morgan fingerprint density at radius 3 is 2.67 bits per heavy atom. The molecular formula is C13H20N6OS. The zero-order valence-electron chi connectivity index (χ0n) is 12.3. The van der Waals surface area contributed by atoms with Gasteiger partial charge >= 0.3 is 0 Å². The van der Waals surface area contributed by atoms with Crippen molar-refractivity contribution < 1.29 is 4.52 Å². The van der Waals surface area contributed by atoms with Gasteiger partial charge in [0.15, 0.2) is 11.0 Å². The van der Waals surface area contributed by atoms with Crippen LogP contribution in [0.15, 0.2) is 16.1 Å². The summed E-state index contributed by atoms with van der Waals surface area (Å²) in [7, 11) is 0. The topological polar surface area (TPSA) is 84.3 Å². The van der Waals surface area contributed by atoms with E-state index in [9.17, 15) is 0 Å². The van der Waals surface area contributed by atoms with Gasteiger partial charge in [-0.05, 0) is 13.8 Å². The summed E-state index contributed by atoms with van der Waals surface area (Å²) < 4.78 is 5.29. The quantitative estimate of drug-likeness (QED) is 0.903. The summed E-state index contributed by atoms with van der Waals surface area (Å²) >= 11 is 1.68. The van der Waals surface area contributed by atoms with Crippen LogP contribution in [0.25, 0.3) is 0 Å². The predicted octanol–water partition coefficient (Wildman–Crippen LogP) is 1.04. The molecule has 21 heavy (non-hydrogen) atoms. The van der Waals surface area contributed by atoms with Crippen molar-refractivity contribution in [2.75, 3.05) is 31.1 Å². The highest BCUT2D eigenvalue weighted by atomic mass is 32.1. The Hall–Kier alpha value is -1.51. The van der Waals surface area contributed by atoms with Gasteiger partial charge in [-0.15, -0.1) is 11.3 Å². The van der Waals surface area contributed by atoms with Crippen molar-refractivity contribution >= 4 is 16.5 Å². The normalized spacial score (nSPS) is 17.4. The maximum Gasteiger partial charge on any atom is 0.240 e. The number of nitrogens with zero attached hydrogens (tertiary/aromatic N) is 5. The Balaban J connectivity index is 1.55. The summed E-state index contributed by atoms with van der Waals surface area (Å²) in [6.07, 6.45) is 1.85. The summed E-state index contributed by atoms with van der Waals surface area (Å²) in [4.78, 5) is 13.3. The van der Waals surface area contributed by atoms with E-state index in [-0.39, 0.29) is 0 Å². The Bertz CT molecular complexity index is 568. The van der Waals surface area contributed by atoms with Crippen LogP contribution in [0, 0.1) is 0 Å². The number of piperazine rings is 1. The molecule has 3 heterocycles. The second-order valence-electron chi connectivity index (χ2n) is 5.81. The van der Waals surface area contributed by atoms with E-state index in [1.165, 1.54) is 0 Å². The largest absolute Gasteiger partial charge is 0.346 e. The van der Waals surface area contributed by atoms with Gasteiger partial charge in [-0.3, -0.25) is 4.90 Å². The highest BCUT2D eigenvalue weighted by Crippen LogP contribution is 2.20. The monoisotopic (exact) mass is 308 g/mol. The molecule has 1 fully saturated rings. The second-order valence-corrected chi connectivity index (χ2v) is 6.68. The van der Waals surface area contributed by atoms with E-state index in [0.717, 1.165) is 31.3 Å². The maximum atomic E-state index is 5.96. The van der Waals surface area contributed by atoms with Crippen molar-refractivity contribution in [2.24, 2.45) is 5.73 Å². The molecule has 0 aliphatic carbocycles. The third-order valence-electron chi connectivity index (χ3n) is 3.47. The molecule has 0 atom stereocenters. The molecule has 1 aliphatic rings. The van der Waals surface area contributed by atoms with E-state index >= 15 is 0 Å². The van der Waals surface area contributed by atoms with Gasteiger partial charge in [0.2, 0.25) is 5.89 Å². The molecule has 0 spiro atoms. The van der Waals surface area contributed by atoms with Crippen molar-refractivity contribution in [3.05, 3.63) is 23.3 Å². The minimum atomic E-state index is -0.564. The molecule has 0 saturated carbocycles. The van der Waals surface area contributed by atoms with Crippen molar-refractivity contribution in [3.63, 3.8) is 0 Å². The Morgan fingerprint density at radius 2 is 2.10 bits per heavy atom. The molecule has 2 N–H and O–H groups in total. The molecule has 8 heteroatoms. The van der Waals surface area contributed by atoms with Crippen molar-refractivity contribution in [2.45, 2.75) is 25.9 Å². The summed E-state index contributed by atoms with van der Waals surface area (Å²) in [6, 6.07) is 0. The molecule has 0 radical (unpaired) electrons. The molecule has 0 unspecified atom stereocenters. The number of hydrogen-bond donors (Lipinski definition) is 1. The molecule has 1 saturated heterocycles. The minimum Gasteiger partial charge on any atom is -0.346 e. The van der Waals surface area contributed by atoms with Gasteiger partial charge in [-0.1, -0.05) is 5.16 Å². The van der Waals surface area contributed by atoms with Crippen LogP contribution in [0.5, 0.6) is 0 Å². The van der Waals surface area contributed by atoms with Gasteiger partial charge < -0.3 is 15.2 Å². The molecule has 1 aliphatic heterocycles. The van der Waals surface area contributed by atoms with Crippen LogP contribution in [0.1, 0.15) is 25.6 Å². The van der Waals surface area contributed by atoms with Crippen LogP contribution in [-0.2, 0) is 12.1 Å². The van der Waals surface area contributed by atoms with Gasteiger partial charge in [0.25, 0.3) is 0 Å². The Morgan fingerprint density at radius 1 is 1.33 bits per heavy atom. The fourth-order valence-corrected chi connectivity index (χ4v) is 2.94. The van der Waals surface area contributed by atoms with E-state index in [4.69, 9.17) is 10.3 Å². The summed E-state index contributed by atoms with van der Waals surface area (Å²) in [5, 5.41) is 7.06. The third-order valence-corrected chi connectivity index (χ3v) is 4.30. The van der Waals surface area contributed by atoms with E-state index < -0.39 is 5.54 Å². The van der Waals surface area contributed by atoms with Gasteiger partial charge in [-0.2, -0.15) is 4.98 Å². The lowest BCUT2D eigenvalue weighted by atomic mass is 10.1. The van der Waals surface area contributed by atoms with E-state index in [1.54, 1.807) is 11.3 Å². The molecule has 2 aromatic heterocycles. The first-order valence-electron chi connectivity index (χ1n) is 7.01. The minimum absolute atomic E-state index is 0.555. The number of rotatable bonds is 4. The van der Waals surface area contributed by atoms with Gasteiger partial charge in [0.05, 0.1) is 12.1 Å². The van der Waals surface area contributed by atoms with E-state index in [2.05, 4.69) is 24.9 Å². The number of nitrogens with two attached hydrogens (primary N) is 1. The smallest absolute Gasteiger partial charge is 0.240 e. The Labute approximate surface area is 127 Å². The average molecular weight is 308 g/mol. The fraction of sp³-hybridized carbons (Fsp3) is 0.615. The fourth-order valence-electron chi connectivity index (χ4n) is 2.24. The molecule has 2 aromatic rings. The molecule has 0 amide bonds. The number of hydrogen-bond acceptors (Lipinski definition) is 8. The standard InChI is InChI=1S/C13H20N6OS/c1-13(2,14)11-16-10(20-17-11)9-18-4-6-19(7-5-18)12-15-3-8-21-12/h3,8H,4-7,9,14H2,1-2H3. The molecule has 114 valence electrons. The molecule has 3 rings (SSSR count). The van der Waals surface area contributed by atoms with Gasteiger partial charge in [-0.25, -0.2) is 4.98 Å². The van der Waals surface area contributed by atoms with Crippen LogP contribution < -0.4 is 10.6 Å². The molecule has 0 aromatic carbocycles. The zero-order chi connectivity index (χ0) is 14.9. The van der Waals surface area contributed by atoms with Crippen molar-refractivity contribution in [1.29, 1.82) is 0 Å². The number of anilines is 1. The summed E-state index contributed by atoms with van der Waals surface area (Å²) in [5.74, 6) is 1.19. The first-order valence-corrected chi connectivity index (χ1v) is 7.89. The molecule has 7 nitrogen and oxygen atoms in total. The average Bonchev–Trinajstić information content (AvgIpc) is 3.09. The first kappa shape index (κ1) is 14.4. The van der Waals surface area contributed by atoms with Crippen molar-refractivity contribution in [1.82, 2.24) is 20.0 Å². The van der Waals surface area contributed by atoms with Gasteiger partial charge in [0, 0.05) is 37.8 Å². The third kappa shape index (κ3) is 3.39. The van der Waals surface area contributed by atoms with Crippen LogP contribution in [0.2, 0.25) is 0 Å². The summed E-state index contributed by atoms with van der Waals surface area (Å²) in [6.45, 7) is 8.28. The number of thiazole rings is 1. The lowest BCUT2D eigenvalue weighted by Crippen LogP contribution is -2.46. The highest BCUT2D eigenvalue weighted by molar-refractivity contribution is 7.13. The SMILES string of the molecule is CC(C)(N)c1noc(CN2CCN(c3nccs3)CC2)n1. The van der Waals surface area contributed by atoms with Crippen LogP contribution in [0.3, 0.4) is 0 Å². The van der Waals surface area contributed by atoms with Crippen LogP contribution in [-0.4, -0.2) is 46.2 Å². The second kappa shape index (κ2) is 5.70. The lowest BCUT2D eigenvalue weighted by molar-refractivity contribution is 0.215. The highest BCUT2D eigenvalue weighted by Gasteiger charge is 2.24. The summed E-state index contributed by atoms with van der Waals surface area (Å²) in [5.41, 5.74) is 5.40. The van der Waals surface area contributed by atoms with Crippen LogP contribution >= 0.6 is 11.3 Å². The van der Waals surface area contributed by atoms with E-state index in [0.29, 0.717) is 18.3 Å². The van der Waals surface area contributed by atoms with Gasteiger partial charge in [0.1, 0.15) is 0 Å².